The molecule has 0 fully saturated rings. The van der Waals surface area contributed by atoms with Gasteiger partial charge in [-0.15, -0.1) is 0 Å². The Morgan fingerprint density at radius 3 is 2.21 bits per heavy atom. The summed E-state index contributed by atoms with van der Waals surface area (Å²) in [6.45, 7) is 7.09. The zero-order valence-corrected chi connectivity index (χ0v) is 27.7. The molecule has 1 atom stereocenters. The van der Waals surface area contributed by atoms with E-state index in [1.54, 1.807) is 29.2 Å². The lowest BCUT2D eigenvalue weighted by atomic mass is 10.0. The molecule has 0 saturated heterocycles. The molecule has 0 heterocycles. The molecular formula is C33H42BrN3O5S. The summed E-state index contributed by atoms with van der Waals surface area (Å²) in [5, 5.41) is 3.02. The summed E-state index contributed by atoms with van der Waals surface area (Å²) < 4.78 is 33.5. The average Bonchev–Trinajstić information content (AvgIpc) is 2.97. The predicted molar refractivity (Wildman–Crippen MR) is 176 cm³/mol. The van der Waals surface area contributed by atoms with Gasteiger partial charge in [-0.25, -0.2) is 8.42 Å². The lowest BCUT2D eigenvalue weighted by Crippen LogP contribution is -2.51. The van der Waals surface area contributed by atoms with E-state index in [9.17, 15) is 18.0 Å². The fourth-order valence-electron chi connectivity index (χ4n) is 4.69. The number of amides is 2. The van der Waals surface area contributed by atoms with Crippen molar-refractivity contribution in [1.82, 2.24) is 10.2 Å². The molecule has 0 aromatic heterocycles. The third kappa shape index (κ3) is 10.7. The molecule has 0 aliphatic carbocycles. The maximum absolute atomic E-state index is 14.0. The number of rotatable bonds is 16. The van der Waals surface area contributed by atoms with E-state index in [0.29, 0.717) is 31.0 Å². The van der Waals surface area contributed by atoms with Crippen molar-refractivity contribution in [2.24, 2.45) is 5.92 Å². The van der Waals surface area contributed by atoms with Crippen molar-refractivity contribution in [3.63, 3.8) is 0 Å². The third-order valence-corrected chi connectivity index (χ3v) is 8.52. The Labute approximate surface area is 264 Å². The number of nitrogens with zero attached hydrogens (tertiary/aromatic N) is 2. The highest BCUT2D eigenvalue weighted by Gasteiger charge is 2.31. The van der Waals surface area contributed by atoms with E-state index < -0.39 is 16.1 Å². The van der Waals surface area contributed by atoms with E-state index in [4.69, 9.17) is 4.74 Å². The first-order valence-electron chi connectivity index (χ1n) is 14.5. The van der Waals surface area contributed by atoms with Crippen LogP contribution < -0.4 is 14.4 Å². The molecule has 1 N–H and O–H groups in total. The van der Waals surface area contributed by atoms with E-state index in [-0.39, 0.29) is 43.7 Å². The number of halogens is 1. The number of carbonyl (C=O) groups is 2. The standard InChI is InChI=1S/C33H42BrN3O5S/c1-5-42-31-15-10-9-14-29(31)37(43(4,40)41)21-11-16-32(38)36(24-27-17-19-28(34)20-18-27)30(33(39)35-23-25(2)3)22-26-12-7-6-8-13-26/h6-10,12-15,17-20,25,30H,5,11,16,21-24H2,1-4H3,(H,35,39)/t30-/m1/s1. The second-order valence-corrected chi connectivity index (χ2v) is 13.7. The maximum atomic E-state index is 14.0. The van der Waals surface area contributed by atoms with E-state index in [2.05, 4.69) is 21.2 Å². The Balaban J connectivity index is 1.89. The molecule has 0 bridgehead atoms. The zero-order valence-electron chi connectivity index (χ0n) is 25.3. The van der Waals surface area contributed by atoms with Crippen LogP contribution in [0.15, 0.2) is 83.3 Å². The first kappa shape index (κ1) is 34.1. The van der Waals surface area contributed by atoms with Crippen molar-refractivity contribution in [3.05, 3.63) is 94.5 Å². The Hall–Kier alpha value is -3.37. The van der Waals surface area contributed by atoms with Crippen LogP contribution in [0.2, 0.25) is 0 Å². The first-order chi connectivity index (χ1) is 20.5. The molecule has 0 unspecified atom stereocenters. The van der Waals surface area contributed by atoms with Crippen molar-refractivity contribution in [1.29, 1.82) is 0 Å². The number of nitrogens with one attached hydrogen (secondary N) is 1. The summed E-state index contributed by atoms with van der Waals surface area (Å²) in [5.41, 5.74) is 2.26. The van der Waals surface area contributed by atoms with Gasteiger partial charge < -0.3 is 15.0 Å². The van der Waals surface area contributed by atoms with E-state index >= 15 is 0 Å². The molecule has 0 spiro atoms. The molecule has 3 rings (SSSR count). The lowest BCUT2D eigenvalue weighted by molar-refractivity contribution is -0.141. The van der Waals surface area contributed by atoms with Crippen LogP contribution >= 0.6 is 15.9 Å². The second-order valence-electron chi connectivity index (χ2n) is 10.8. The molecule has 3 aromatic rings. The van der Waals surface area contributed by atoms with Crippen LogP contribution in [0.3, 0.4) is 0 Å². The third-order valence-electron chi connectivity index (χ3n) is 6.81. The van der Waals surface area contributed by atoms with Gasteiger partial charge >= 0.3 is 0 Å². The van der Waals surface area contributed by atoms with Gasteiger partial charge in [0, 0.05) is 36.9 Å². The Kier molecular flexibility index (Phi) is 13.1. The number of sulfonamides is 1. The monoisotopic (exact) mass is 671 g/mol. The molecule has 232 valence electrons. The Morgan fingerprint density at radius 2 is 1.58 bits per heavy atom. The van der Waals surface area contributed by atoms with Gasteiger partial charge in [-0.1, -0.05) is 84.4 Å². The van der Waals surface area contributed by atoms with Gasteiger partial charge in [0.05, 0.1) is 18.6 Å². The summed E-state index contributed by atoms with van der Waals surface area (Å²) in [5.74, 6) is 0.267. The molecule has 10 heteroatoms. The minimum atomic E-state index is -3.66. The number of hydrogen-bond acceptors (Lipinski definition) is 5. The van der Waals surface area contributed by atoms with Gasteiger partial charge in [0.25, 0.3) is 0 Å². The van der Waals surface area contributed by atoms with Gasteiger partial charge in [-0.3, -0.25) is 13.9 Å². The molecule has 0 aliphatic heterocycles. The minimum absolute atomic E-state index is 0.0576. The largest absolute Gasteiger partial charge is 0.492 e. The van der Waals surface area contributed by atoms with Crippen LogP contribution in [0.4, 0.5) is 5.69 Å². The molecule has 0 saturated carbocycles. The van der Waals surface area contributed by atoms with E-state index in [1.807, 2.05) is 75.4 Å². The van der Waals surface area contributed by atoms with Crippen molar-refractivity contribution in [2.45, 2.75) is 52.6 Å². The predicted octanol–water partition coefficient (Wildman–Crippen LogP) is 5.81. The number of anilines is 1. The zero-order chi connectivity index (χ0) is 31.4. The molecule has 3 aromatic carbocycles. The van der Waals surface area contributed by atoms with Crippen molar-refractivity contribution in [2.75, 3.05) is 30.3 Å². The number of benzene rings is 3. The smallest absolute Gasteiger partial charge is 0.243 e. The maximum Gasteiger partial charge on any atom is 0.243 e. The van der Waals surface area contributed by atoms with Crippen LogP contribution in [0.5, 0.6) is 5.75 Å². The van der Waals surface area contributed by atoms with Gasteiger partial charge in [-0.05, 0) is 54.7 Å². The van der Waals surface area contributed by atoms with Crippen LogP contribution in [-0.2, 0) is 32.6 Å². The summed E-state index contributed by atoms with van der Waals surface area (Å²) in [4.78, 5) is 29.2. The molecule has 8 nitrogen and oxygen atoms in total. The highest BCUT2D eigenvalue weighted by atomic mass is 79.9. The van der Waals surface area contributed by atoms with Gasteiger partial charge in [0.2, 0.25) is 21.8 Å². The average molecular weight is 673 g/mol. The minimum Gasteiger partial charge on any atom is -0.492 e. The van der Waals surface area contributed by atoms with Crippen molar-refractivity contribution >= 4 is 43.5 Å². The molecular weight excluding hydrogens is 630 g/mol. The highest BCUT2D eigenvalue weighted by Crippen LogP contribution is 2.30. The number of para-hydroxylation sites is 2. The summed E-state index contributed by atoms with van der Waals surface area (Å²) in [7, 11) is -3.66. The van der Waals surface area contributed by atoms with Gasteiger partial charge in [-0.2, -0.15) is 0 Å². The highest BCUT2D eigenvalue weighted by molar-refractivity contribution is 9.10. The molecule has 0 aliphatic rings. The SMILES string of the molecule is CCOc1ccccc1N(CCCC(=O)N(Cc1ccc(Br)cc1)[C@H](Cc1ccccc1)C(=O)NCC(C)C)S(C)(=O)=O. The summed E-state index contributed by atoms with van der Waals surface area (Å²) >= 11 is 3.46. The van der Waals surface area contributed by atoms with Gasteiger partial charge in [0.1, 0.15) is 11.8 Å². The fraction of sp³-hybridized carbons (Fsp3) is 0.394. The lowest BCUT2D eigenvalue weighted by Gasteiger charge is -2.32. The fourth-order valence-corrected chi connectivity index (χ4v) is 5.92. The van der Waals surface area contributed by atoms with E-state index in [1.165, 1.54) is 4.31 Å². The molecule has 0 radical (unpaired) electrons. The van der Waals surface area contributed by atoms with Gasteiger partial charge in [0.15, 0.2) is 0 Å². The number of carbonyl (C=O) groups excluding carboxylic acids is 2. The normalized spacial score (nSPS) is 12.0. The van der Waals surface area contributed by atoms with E-state index in [0.717, 1.165) is 21.9 Å². The van der Waals surface area contributed by atoms with Crippen LogP contribution in [0.1, 0.15) is 44.7 Å². The summed E-state index contributed by atoms with van der Waals surface area (Å²) in [6, 6.07) is 23.5. The molecule has 43 heavy (non-hydrogen) atoms. The molecule has 2 amide bonds. The Morgan fingerprint density at radius 1 is 0.930 bits per heavy atom. The summed E-state index contributed by atoms with van der Waals surface area (Å²) in [6.07, 6.45) is 1.81. The first-order valence-corrected chi connectivity index (χ1v) is 17.2. The van der Waals surface area contributed by atoms with Crippen molar-refractivity contribution < 1.29 is 22.7 Å². The Bertz CT molecular complexity index is 1430. The second kappa shape index (κ2) is 16.5. The number of ether oxygens (including phenoxy) is 1. The quantitative estimate of drug-likeness (QED) is 0.208. The van der Waals surface area contributed by atoms with Crippen LogP contribution in [-0.4, -0.2) is 57.1 Å². The van der Waals surface area contributed by atoms with Crippen molar-refractivity contribution in [3.8, 4) is 5.75 Å². The number of hydrogen-bond donors (Lipinski definition) is 1. The van der Waals surface area contributed by atoms with Crippen LogP contribution in [0, 0.1) is 5.92 Å². The van der Waals surface area contributed by atoms with Crippen LogP contribution in [0.25, 0.3) is 0 Å². The topological polar surface area (TPSA) is 96.0 Å².